The molecule has 0 amide bonds. The summed E-state index contributed by atoms with van der Waals surface area (Å²) in [6.45, 7) is 4.81. The van der Waals surface area contributed by atoms with Crippen molar-refractivity contribution < 1.29 is 9.53 Å². The van der Waals surface area contributed by atoms with E-state index in [1.165, 1.54) is 0 Å². The third-order valence-electron chi connectivity index (χ3n) is 1.71. The largest absolute Gasteiger partial charge is 0.368 e. The van der Waals surface area contributed by atoms with Gasteiger partial charge >= 0.3 is 0 Å². The number of allylic oxidation sites excluding steroid dienone is 2. The first-order valence-corrected chi connectivity index (χ1v) is 4.45. The second-order valence-corrected chi connectivity index (χ2v) is 3.45. The maximum Gasteiger partial charge on any atom is 0.131 e. The van der Waals surface area contributed by atoms with Gasteiger partial charge in [0.1, 0.15) is 12.0 Å². The molecule has 1 aliphatic rings. The van der Waals surface area contributed by atoms with Crippen molar-refractivity contribution >= 4 is 5.94 Å². The van der Waals surface area contributed by atoms with Crippen molar-refractivity contribution in [2.24, 2.45) is 5.92 Å². The summed E-state index contributed by atoms with van der Waals surface area (Å²) in [5.41, 5.74) is 0.572. The molecule has 0 N–H and O–H groups in total. The van der Waals surface area contributed by atoms with E-state index in [2.05, 4.69) is 13.8 Å². The van der Waals surface area contributed by atoms with Gasteiger partial charge in [-0.1, -0.05) is 32.1 Å². The van der Waals surface area contributed by atoms with Gasteiger partial charge in [-0.3, -0.25) is 0 Å². The Balaban J connectivity index is 2.54. The quantitative estimate of drug-likeness (QED) is 0.617. The molecule has 0 aromatic carbocycles. The van der Waals surface area contributed by atoms with Crippen LogP contribution < -0.4 is 0 Å². The number of ether oxygens (including phenoxy) is 1. The molecule has 0 aliphatic heterocycles. The molecule has 2 heteroatoms. The standard InChI is InChI=1S/C11H14O2/c1-9(2)8-13-11-6-4-3-5-10(11)7-12/h3-6,9,11H,8H2,1-2H3. The molecule has 2 nitrogen and oxygen atoms in total. The van der Waals surface area contributed by atoms with E-state index in [0.29, 0.717) is 18.1 Å². The van der Waals surface area contributed by atoms with E-state index in [1.807, 2.05) is 24.2 Å². The van der Waals surface area contributed by atoms with E-state index in [9.17, 15) is 4.79 Å². The molecule has 0 spiro atoms. The van der Waals surface area contributed by atoms with Crippen LogP contribution in [0, 0.1) is 5.92 Å². The van der Waals surface area contributed by atoms with Crippen LogP contribution in [0.2, 0.25) is 0 Å². The summed E-state index contributed by atoms with van der Waals surface area (Å²) in [5, 5.41) is 0. The molecule has 1 aliphatic carbocycles. The van der Waals surface area contributed by atoms with Crippen LogP contribution in [-0.4, -0.2) is 18.7 Å². The van der Waals surface area contributed by atoms with Gasteiger partial charge in [0, 0.05) is 0 Å². The van der Waals surface area contributed by atoms with Crippen LogP contribution >= 0.6 is 0 Å². The average Bonchev–Trinajstić information content (AvgIpc) is 2.15. The summed E-state index contributed by atoms with van der Waals surface area (Å²) in [6.07, 6.45) is 7.09. The van der Waals surface area contributed by atoms with Gasteiger partial charge < -0.3 is 4.74 Å². The highest BCUT2D eigenvalue weighted by Gasteiger charge is 2.12. The van der Waals surface area contributed by atoms with E-state index in [0.717, 1.165) is 0 Å². The molecule has 0 saturated carbocycles. The fourth-order valence-electron chi connectivity index (χ4n) is 1.06. The number of hydrogen-bond donors (Lipinski definition) is 0. The topological polar surface area (TPSA) is 26.3 Å². The van der Waals surface area contributed by atoms with E-state index in [4.69, 9.17) is 4.74 Å². The molecule has 13 heavy (non-hydrogen) atoms. The zero-order valence-electron chi connectivity index (χ0n) is 7.99. The van der Waals surface area contributed by atoms with Crippen LogP contribution in [0.25, 0.3) is 0 Å². The highest BCUT2D eigenvalue weighted by Crippen LogP contribution is 2.13. The van der Waals surface area contributed by atoms with Gasteiger partial charge in [-0.05, 0) is 12.0 Å². The summed E-state index contributed by atoms with van der Waals surface area (Å²) in [6, 6.07) is 0. The number of rotatable bonds is 3. The minimum atomic E-state index is -0.204. The summed E-state index contributed by atoms with van der Waals surface area (Å²) in [4.78, 5) is 10.5. The van der Waals surface area contributed by atoms with E-state index < -0.39 is 0 Å². The zero-order valence-corrected chi connectivity index (χ0v) is 7.99. The second kappa shape index (κ2) is 4.80. The van der Waals surface area contributed by atoms with Gasteiger partial charge in [-0.25, -0.2) is 4.79 Å². The third-order valence-corrected chi connectivity index (χ3v) is 1.71. The lowest BCUT2D eigenvalue weighted by Gasteiger charge is -2.16. The Bertz CT molecular complexity index is 268. The van der Waals surface area contributed by atoms with Crippen LogP contribution in [0.4, 0.5) is 0 Å². The molecule has 0 radical (unpaired) electrons. The molecule has 0 heterocycles. The minimum absolute atomic E-state index is 0.204. The highest BCUT2D eigenvalue weighted by atomic mass is 16.5. The monoisotopic (exact) mass is 178 g/mol. The lowest BCUT2D eigenvalue weighted by Crippen LogP contribution is -2.17. The number of hydrogen-bond acceptors (Lipinski definition) is 2. The molecule has 0 bridgehead atoms. The Hall–Kier alpha value is -1.11. The van der Waals surface area contributed by atoms with Crippen LogP contribution in [0.1, 0.15) is 13.8 Å². The molecule has 1 atom stereocenters. The molecule has 0 fully saturated rings. The molecule has 1 rings (SSSR count). The predicted octanol–water partition coefficient (Wildman–Crippen LogP) is 1.91. The summed E-state index contributed by atoms with van der Waals surface area (Å²) >= 11 is 0. The highest BCUT2D eigenvalue weighted by molar-refractivity contribution is 5.61. The van der Waals surface area contributed by atoms with E-state index in [1.54, 1.807) is 6.08 Å². The smallest absolute Gasteiger partial charge is 0.131 e. The van der Waals surface area contributed by atoms with Gasteiger partial charge in [0.25, 0.3) is 0 Å². The lowest BCUT2D eigenvalue weighted by molar-refractivity contribution is 0.0878. The molecule has 0 aromatic rings. The fourth-order valence-corrected chi connectivity index (χ4v) is 1.06. The number of carbonyl (C=O) groups excluding carboxylic acids is 1. The minimum Gasteiger partial charge on any atom is -0.368 e. The van der Waals surface area contributed by atoms with E-state index >= 15 is 0 Å². The van der Waals surface area contributed by atoms with Gasteiger partial charge in [0.15, 0.2) is 0 Å². The van der Waals surface area contributed by atoms with Crippen molar-refractivity contribution in [3.63, 3.8) is 0 Å². The van der Waals surface area contributed by atoms with Crippen LogP contribution in [0.5, 0.6) is 0 Å². The maximum atomic E-state index is 10.5. The first-order chi connectivity index (χ1) is 6.24. The van der Waals surface area contributed by atoms with Crippen LogP contribution in [-0.2, 0) is 9.53 Å². The van der Waals surface area contributed by atoms with Gasteiger partial charge in [-0.2, -0.15) is 0 Å². The molecular weight excluding hydrogens is 164 g/mol. The zero-order chi connectivity index (χ0) is 9.68. The van der Waals surface area contributed by atoms with Gasteiger partial charge in [0.2, 0.25) is 0 Å². The molecule has 1 unspecified atom stereocenters. The molecule has 0 aromatic heterocycles. The van der Waals surface area contributed by atoms with Crippen molar-refractivity contribution in [2.75, 3.05) is 6.61 Å². The van der Waals surface area contributed by atoms with Gasteiger partial charge in [0.05, 0.1) is 12.2 Å². The first-order valence-electron chi connectivity index (χ1n) is 4.45. The SMILES string of the molecule is CC(C)COC1C=CC=CC1=C=O. The Kier molecular flexibility index (Phi) is 3.69. The Morgan fingerprint density at radius 1 is 1.54 bits per heavy atom. The fraction of sp³-hybridized carbons (Fsp3) is 0.455. The van der Waals surface area contributed by atoms with E-state index in [-0.39, 0.29) is 6.10 Å². The Morgan fingerprint density at radius 3 is 2.92 bits per heavy atom. The van der Waals surface area contributed by atoms with Crippen LogP contribution in [0.15, 0.2) is 29.9 Å². The Morgan fingerprint density at radius 2 is 2.31 bits per heavy atom. The van der Waals surface area contributed by atoms with Crippen molar-refractivity contribution in [1.82, 2.24) is 0 Å². The van der Waals surface area contributed by atoms with Crippen molar-refractivity contribution in [1.29, 1.82) is 0 Å². The average molecular weight is 178 g/mol. The van der Waals surface area contributed by atoms with Crippen molar-refractivity contribution in [2.45, 2.75) is 20.0 Å². The Labute approximate surface area is 78.6 Å². The summed E-state index contributed by atoms with van der Waals surface area (Å²) in [7, 11) is 0. The third kappa shape index (κ3) is 3.02. The van der Waals surface area contributed by atoms with Crippen LogP contribution in [0.3, 0.4) is 0 Å². The maximum absolute atomic E-state index is 10.5. The lowest BCUT2D eigenvalue weighted by atomic mass is 10.1. The van der Waals surface area contributed by atoms with Crippen molar-refractivity contribution in [3.8, 4) is 0 Å². The normalized spacial score (nSPS) is 20.8. The van der Waals surface area contributed by atoms with Gasteiger partial charge in [-0.15, -0.1) is 0 Å². The predicted molar refractivity (Wildman–Crippen MR) is 52.1 cm³/mol. The molecule has 70 valence electrons. The summed E-state index contributed by atoms with van der Waals surface area (Å²) < 4.78 is 5.51. The summed E-state index contributed by atoms with van der Waals surface area (Å²) in [5.74, 6) is 2.36. The second-order valence-electron chi connectivity index (χ2n) is 3.45. The van der Waals surface area contributed by atoms with Crippen molar-refractivity contribution in [3.05, 3.63) is 29.9 Å². The molecule has 0 saturated heterocycles. The first kappa shape index (κ1) is 9.97. The molecular formula is C11H14O2.